The van der Waals surface area contributed by atoms with Crippen LogP contribution in [-0.4, -0.2) is 22.4 Å². The van der Waals surface area contributed by atoms with Gasteiger partial charge in [0.2, 0.25) is 0 Å². The summed E-state index contributed by atoms with van der Waals surface area (Å²) in [6, 6.07) is -0.111. The maximum absolute atomic E-state index is 12.0. The number of hydrogen-bond donors (Lipinski definition) is 2. The maximum atomic E-state index is 12.0. The smallest absolute Gasteiger partial charge is 0.315 e. The molecule has 0 radical (unpaired) electrons. The Morgan fingerprint density at radius 1 is 1.48 bits per heavy atom. The largest absolute Gasteiger partial charge is 0.338 e. The molecule has 2 N–H and O–H groups in total. The van der Waals surface area contributed by atoms with Crippen molar-refractivity contribution in [2.24, 2.45) is 18.4 Å². The summed E-state index contributed by atoms with van der Waals surface area (Å²) in [5, 5.41) is 10.1. The molecule has 0 aromatic carbocycles. The quantitative estimate of drug-likeness (QED) is 0.896. The highest BCUT2D eigenvalue weighted by Gasteiger charge is 2.26. The lowest BCUT2D eigenvalue weighted by molar-refractivity contribution is 0.187. The fourth-order valence-corrected chi connectivity index (χ4v) is 2.89. The van der Waals surface area contributed by atoms with E-state index in [1.54, 1.807) is 10.9 Å². The van der Waals surface area contributed by atoms with E-state index in [1.165, 1.54) is 25.7 Å². The van der Waals surface area contributed by atoms with Gasteiger partial charge in [-0.25, -0.2) is 4.79 Å². The van der Waals surface area contributed by atoms with Crippen LogP contribution < -0.4 is 10.6 Å². The minimum Gasteiger partial charge on any atom is -0.338 e. The van der Waals surface area contributed by atoms with Crippen LogP contribution in [0.15, 0.2) is 12.4 Å². The van der Waals surface area contributed by atoms with E-state index in [2.05, 4.69) is 29.6 Å². The predicted octanol–water partition coefficient (Wildman–Crippen LogP) is 3.00. The normalized spacial score (nSPS) is 20.0. The molecule has 1 aliphatic carbocycles. The summed E-state index contributed by atoms with van der Waals surface area (Å²) in [5.41, 5.74) is 1.50. The van der Waals surface area contributed by atoms with Crippen LogP contribution in [0.1, 0.15) is 58.1 Å². The standard InChI is InChI=1S/C16H28N4O/c1-12(14-10-18-20(4)11-14)19-15(21)17-9-13-5-7-16(2,3)8-6-13/h10-13H,5-9H2,1-4H3,(H2,17,19,21). The average Bonchev–Trinajstić information content (AvgIpc) is 2.84. The van der Waals surface area contributed by atoms with E-state index >= 15 is 0 Å². The topological polar surface area (TPSA) is 59.0 Å². The Morgan fingerprint density at radius 3 is 2.71 bits per heavy atom. The van der Waals surface area contributed by atoms with Gasteiger partial charge < -0.3 is 10.6 Å². The number of carbonyl (C=O) groups is 1. The number of aromatic nitrogens is 2. The van der Waals surface area contributed by atoms with E-state index < -0.39 is 0 Å². The highest BCUT2D eigenvalue weighted by atomic mass is 16.2. The molecule has 0 bridgehead atoms. The van der Waals surface area contributed by atoms with Crippen LogP contribution in [0.25, 0.3) is 0 Å². The van der Waals surface area contributed by atoms with Crippen LogP contribution in [0, 0.1) is 11.3 Å². The number of hydrogen-bond acceptors (Lipinski definition) is 2. The first-order chi connectivity index (χ1) is 9.85. The molecule has 0 saturated heterocycles. The fraction of sp³-hybridized carbons (Fsp3) is 0.750. The van der Waals surface area contributed by atoms with Crippen molar-refractivity contribution in [3.63, 3.8) is 0 Å². The first-order valence-corrected chi connectivity index (χ1v) is 7.89. The van der Waals surface area contributed by atoms with Crippen molar-refractivity contribution in [3.8, 4) is 0 Å². The van der Waals surface area contributed by atoms with Crippen molar-refractivity contribution < 1.29 is 4.79 Å². The SMILES string of the molecule is CC(NC(=O)NCC1CCC(C)(C)CC1)c1cnn(C)c1. The van der Waals surface area contributed by atoms with E-state index in [0.717, 1.165) is 12.1 Å². The van der Waals surface area contributed by atoms with E-state index in [4.69, 9.17) is 0 Å². The highest BCUT2D eigenvalue weighted by Crippen LogP contribution is 2.37. The number of amides is 2. The molecule has 1 unspecified atom stereocenters. The maximum Gasteiger partial charge on any atom is 0.315 e. The molecule has 2 amide bonds. The number of aryl methyl sites for hydroxylation is 1. The van der Waals surface area contributed by atoms with Gasteiger partial charge in [-0.2, -0.15) is 5.10 Å². The summed E-state index contributed by atoms with van der Waals surface area (Å²) in [6.07, 6.45) is 8.65. The molecule has 0 aliphatic heterocycles. The predicted molar refractivity (Wildman–Crippen MR) is 83.9 cm³/mol. The minimum atomic E-state index is -0.0869. The molecule has 1 atom stereocenters. The molecule has 1 heterocycles. The van der Waals surface area contributed by atoms with Crippen molar-refractivity contribution >= 4 is 6.03 Å². The van der Waals surface area contributed by atoms with Crippen molar-refractivity contribution in [1.29, 1.82) is 0 Å². The van der Waals surface area contributed by atoms with Crippen LogP contribution in [0.3, 0.4) is 0 Å². The summed E-state index contributed by atoms with van der Waals surface area (Å²) >= 11 is 0. The second-order valence-electron chi connectivity index (χ2n) is 7.13. The van der Waals surface area contributed by atoms with E-state index in [9.17, 15) is 4.79 Å². The molecule has 1 saturated carbocycles. The number of nitrogens with one attached hydrogen (secondary N) is 2. The Bertz CT molecular complexity index is 470. The lowest BCUT2D eigenvalue weighted by Crippen LogP contribution is -2.40. The molecule has 1 aromatic rings. The first-order valence-electron chi connectivity index (χ1n) is 7.89. The third kappa shape index (κ3) is 4.76. The van der Waals surface area contributed by atoms with E-state index in [-0.39, 0.29) is 12.1 Å². The van der Waals surface area contributed by atoms with Gasteiger partial charge >= 0.3 is 6.03 Å². The van der Waals surface area contributed by atoms with Crippen molar-refractivity contribution in [3.05, 3.63) is 18.0 Å². The molecule has 1 aromatic heterocycles. The van der Waals surface area contributed by atoms with Crippen molar-refractivity contribution in [2.45, 2.75) is 52.5 Å². The van der Waals surface area contributed by atoms with Gasteiger partial charge in [0.05, 0.1) is 12.2 Å². The molecule has 21 heavy (non-hydrogen) atoms. The Hall–Kier alpha value is -1.52. The zero-order valence-electron chi connectivity index (χ0n) is 13.6. The molecule has 2 rings (SSSR count). The zero-order chi connectivity index (χ0) is 15.5. The van der Waals surface area contributed by atoms with Crippen LogP contribution in [0.5, 0.6) is 0 Å². The van der Waals surface area contributed by atoms with E-state index in [0.29, 0.717) is 11.3 Å². The van der Waals surface area contributed by atoms with E-state index in [1.807, 2.05) is 20.2 Å². The number of nitrogens with zero attached hydrogens (tertiary/aromatic N) is 2. The molecule has 5 nitrogen and oxygen atoms in total. The van der Waals surface area contributed by atoms with Crippen LogP contribution >= 0.6 is 0 Å². The monoisotopic (exact) mass is 292 g/mol. The van der Waals surface area contributed by atoms with Gasteiger partial charge in [0.1, 0.15) is 0 Å². The molecule has 1 fully saturated rings. The van der Waals surface area contributed by atoms with Crippen LogP contribution in [-0.2, 0) is 7.05 Å². The number of carbonyl (C=O) groups excluding carboxylic acids is 1. The summed E-state index contributed by atoms with van der Waals surface area (Å²) in [6.45, 7) is 7.42. The van der Waals surface area contributed by atoms with Gasteiger partial charge in [-0.05, 0) is 43.9 Å². The number of urea groups is 1. The summed E-state index contributed by atoms with van der Waals surface area (Å²) < 4.78 is 1.75. The zero-order valence-corrected chi connectivity index (χ0v) is 13.6. The minimum absolute atomic E-state index is 0.0241. The molecule has 0 spiro atoms. The molecule has 1 aliphatic rings. The molecular weight excluding hydrogens is 264 g/mol. The Morgan fingerprint density at radius 2 is 2.14 bits per heavy atom. The van der Waals surface area contributed by atoms with Crippen molar-refractivity contribution in [2.75, 3.05) is 6.54 Å². The third-order valence-corrected chi connectivity index (χ3v) is 4.58. The van der Waals surface area contributed by atoms with Gasteiger partial charge in [-0.3, -0.25) is 4.68 Å². The summed E-state index contributed by atoms with van der Waals surface area (Å²) in [5.74, 6) is 0.623. The van der Waals surface area contributed by atoms with Gasteiger partial charge in [0.25, 0.3) is 0 Å². The second kappa shape index (κ2) is 6.50. The molecule has 5 heteroatoms. The Balaban J connectivity index is 1.70. The first kappa shape index (κ1) is 15.9. The van der Waals surface area contributed by atoms with Gasteiger partial charge in [-0.15, -0.1) is 0 Å². The second-order valence-corrected chi connectivity index (χ2v) is 7.13. The highest BCUT2D eigenvalue weighted by molar-refractivity contribution is 5.74. The van der Waals surface area contributed by atoms with Gasteiger partial charge in [0, 0.05) is 25.4 Å². The molecule has 118 valence electrons. The Kier molecular flexibility index (Phi) is 4.91. The summed E-state index contributed by atoms with van der Waals surface area (Å²) in [4.78, 5) is 12.0. The van der Waals surface area contributed by atoms with Gasteiger partial charge in [0.15, 0.2) is 0 Å². The van der Waals surface area contributed by atoms with Gasteiger partial charge in [-0.1, -0.05) is 13.8 Å². The van der Waals surface area contributed by atoms with Crippen LogP contribution in [0.4, 0.5) is 4.79 Å². The van der Waals surface area contributed by atoms with Crippen LogP contribution in [0.2, 0.25) is 0 Å². The third-order valence-electron chi connectivity index (χ3n) is 4.58. The lowest BCUT2D eigenvalue weighted by atomic mass is 9.73. The summed E-state index contributed by atoms with van der Waals surface area (Å²) in [7, 11) is 1.88. The average molecular weight is 292 g/mol. The van der Waals surface area contributed by atoms with Crippen molar-refractivity contribution in [1.82, 2.24) is 20.4 Å². The fourth-order valence-electron chi connectivity index (χ4n) is 2.89. The molecular formula is C16H28N4O. The lowest BCUT2D eigenvalue weighted by Gasteiger charge is -2.34. The Labute approximate surface area is 127 Å². The number of rotatable bonds is 4.